The molecule has 1 aromatic rings. The van der Waals surface area contributed by atoms with E-state index in [4.69, 9.17) is 5.11 Å². The molecule has 0 atom stereocenters. The molecule has 0 aromatic carbocycles. The summed E-state index contributed by atoms with van der Waals surface area (Å²) in [5.74, 6) is 0.111. The van der Waals surface area contributed by atoms with Crippen molar-refractivity contribution < 1.29 is 9.90 Å². The number of nitrogens with zero attached hydrogens (tertiary/aromatic N) is 3. The van der Waals surface area contributed by atoms with Crippen LogP contribution in [0, 0.1) is 0 Å². The summed E-state index contributed by atoms with van der Waals surface area (Å²) in [7, 11) is 0. The van der Waals surface area contributed by atoms with Crippen molar-refractivity contribution in [3.05, 3.63) is 22.4 Å². The third kappa shape index (κ3) is 4.31. The van der Waals surface area contributed by atoms with Crippen LogP contribution >= 0.6 is 15.9 Å². The van der Waals surface area contributed by atoms with E-state index in [9.17, 15) is 4.79 Å². The monoisotopic (exact) mass is 357 g/mol. The van der Waals surface area contributed by atoms with E-state index in [-0.39, 0.29) is 12.5 Å². The number of carbonyl (C=O) groups excluding carboxylic acids is 1. The first-order valence-electron chi connectivity index (χ1n) is 7.64. The molecule has 118 valence electrons. The first kappa shape index (κ1) is 16.5. The fourth-order valence-electron chi connectivity index (χ4n) is 2.78. The van der Waals surface area contributed by atoms with Crippen molar-refractivity contribution in [3.63, 3.8) is 0 Å². The van der Waals surface area contributed by atoms with Crippen LogP contribution in [0.5, 0.6) is 0 Å². The second kappa shape index (κ2) is 7.96. The maximum atomic E-state index is 12.7. The number of β-amino-alcohol motifs (C(OH)–C–C–N with tert-alkyl or cyclic N) is 1. The van der Waals surface area contributed by atoms with Crippen LogP contribution in [0.3, 0.4) is 0 Å². The zero-order valence-electron chi connectivity index (χ0n) is 12.6. The van der Waals surface area contributed by atoms with Gasteiger partial charge in [-0.25, -0.2) is 0 Å². The van der Waals surface area contributed by atoms with Gasteiger partial charge in [-0.3, -0.25) is 9.69 Å². The fraction of sp³-hybridized carbons (Fsp3) is 0.667. The van der Waals surface area contributed by atoms with Gasteiger partial charge in [0, 0.05) is 43.4 Å². The van der Waals surface area contributed by atoms with E-state index in [1.54, 1.807) is 0 Å². The fourth-order valence-corrected chi connectivity index (χ4v) is 3.24. The van der Waals surface area contributed by atoms with E-state index < -0.39 is 0 Å². The van der Waals surface area contributed by atoms with E-state index in [2.05, 4.69) is 27.8 Å². The average molecular weight is 358 g/mol. The standard InChI is InChI=1S/C15H24BrN3O2/c1-2-4-19-12-13(16)11-14(19)15(21)18-6-3-5-17(7-8-18)9-10-20/h11-12,20H,2-10H2,1H3. The molecule has 1 fully saturated rings. The number of rotatable bonds is 5. The molecule has 0 radical (unpaired) electrons. The molecule has 0 bridgehead atoms. The number of halogens is 1. The van der Waals surface area contributed by atoms with E-state index >= 15 is 0 Å². The summed E-state index contributed by atoms with van der Waals surface area (Å²) < 4.78 is 2.99. The zero-order valence-corrected chi connectivity index (χ0v) is 14.2. The summed E-state index contributed by atoms with van der Waals surface area (Å²) in [4.78, 5) is 16.9. The summed E-state index contributed by atoms with van der Waals surface area (Å²) in [5.41, 5.74) is 0.763. The Hall–Kier alpha value is -0.850. The van der Waals surface area contributed by atoms with Crippen molar-refractivity contribution in [3.8, 4) is 0 Å². The van der Waals surface area contributed by atoms with Gasteiger partial charge in [0.2, 0.25) is 0 Å². The summed E-state index contributed by atoms with van der Waals surface area (Å²) in [6, 6.07) is 1.91. The molecule has 0 aliphatic carbocycles. The lowest BCUT2D eigenvalue weighted by atomic mass is 10.3. The Morgan fingerprint density at radius 2 is 2.10 bits per heavy atom. The summed E-state index contributed by atoms with van der Waals surface area (Å²) in [5, 5.41) is 9.03. The molecule has 0 unspecified atom stereocenters. The van der Waals surface area contributed by atoms with Crippen molar-refractivity contribution in [2.45, 2.75) is 26.3 Å². The van der Waals surface area contributed by atoms with E-state index in [0.717, 1.165) is 55.7 Å². The molecule has 1 N–H and O–H groups in total. The maximum absolute atomic E-state index is 12.7. The summed E-state index contributed by atoms with van der Waals surface area (Å²) >= 11 is 3.46. The lowest BCUT2D eigenvalue weighted by Crippen LogP contribution is -2.36. The van der Waals surface area contributed by atoms with Crippen molar-refractivity contribution in [2.24, 2.45) is 0 Å². The number of hydrogen-bond acceptors (Lipinski definition) is 3. The molecule has 0 saturated carbocycles. The van der Waals surface area contributed by atoms with Gasteiger partial charge in [0.05, 0.1) is 6.61 Å². The van der Waals surface area contributed by atoms with Gasteiger partial charge in [-0.1, -0.05) is 6.92 Å². The highest BCUT2D eigenvalue weighted by Gasteiger charge is 2.22. The minimum Gasteiger partial charge on any atom is -0.395 e. The molecule has 1 aliphatic rings. The van der Waals surface area contributed by atoms with Gasteiger partial charge >= 0.3 is 0 Å². The minimum absolute atomic E-state index is 0.111. The molecule has 2 heterocycles. The van der Waals surface area contributed by atoms with Crippen LogP contribution in [0.2, 0.25) is 0 Å². The molecule has 6 heteroatoms. The normalized spacial score (nSPS) is 17.0. The van der Waals surface area contributed by atoms with E-state index in [1.807, 2.05) is 21.7 Å². The predicted octanol–water partition coefficient (Wildman–Crippen LogP) is 1.80. The second-order valence-corrected chi connectivity index (χ2v) is 6.36. The van der Waals surface area contributed by atoms with Gasteiger partial charge in [0.1, 0.15) is 5.69 Å². The quantitative estimate of drug-likeness (QED) is 0.873. The minimum atomic E-state index is 0.111. The average Bonchev–Trinajstić information content (AvgIpc) is 2.68. The molecular weight excluding hydrogens is 334 g/mol. The smallest absolute Gasteiger partial charge is 0.270 e. The summed E-state index contributed by atoms with van der Waals surface area (Å²) in [6.45, 7) is 7.15. The van der Waals surface area contributed by atoms with E-state index in [1.165, 1.54) is 0 Å². The number of aryl methyl sites for hydroxylation is 1. The predicted molar refractivity (Wildman–Crippen MR) is 86.5 cm³/mol. The molecule has 5 nitrogen and oxygen atoms in total. The molecule has 2 rings (SSSR count). The first-order valence-corrected chi connectivity index (χ1v) is 8.43. The number of aliphatic hydroxyl groups excluding tert-OH is 1. The highest BCUT2D eigenvalue weighted by atomic mass is 79.9. The number of aliphatic hydroxyl groups is 1. The van der Waals surface area contributed by atoms with Crippen molar-refractivity contribution in [1.29, 1.82) is 0 Å². The SMILES string of the molecule is CCCn1cc(Br)cc1C(=O)N1CCCN(CCO)CC1. The van der Waals surface area contributed by atoms with Gasteiger partial charge < -0.3 is 14.6 Å². The van der Waals surface area contributed by atoms with Crippen LogP contribution in [0.25, 0.3) is 0 Å². The Kier molecular flexibility index (Phi) is 6.26. The topological polar surface area (TPSA) is 48.7 Å². The Morgan fingerprint density at radius 3 is 2.81 bits per heavy atom. The van der Waals surface area contributed by atoms with Crippen molar-refractivity contribution in [1.82, 2.24) is 14.4 Å². The second-order valence-electron chi connectivity index (χ2n) is 5.45. The molecule has 21 heavy (non-hydrogen) atoms. The van der Waals surface area contributed by atoms with Crippen LogP contribution in [-0.4, -0.2) is 64.7 Å². The van der Waals surface area contributed by atoms with Crippen LogP contribution in [0.1, 0.15) is 30.3 Å². The molecule has 1 amide bonds. The highest BCUT2D eigenvalue weighted by Crippen LogP contribution is 2.18. The van der Waals surface area contributed by atoms with Crippen LogP contribution in [-0.2, 0) is 6.54 Å². The number of hydrogen-bond donors (Lipinski definition) is 1. The highest BCUT2D eigenvalue weighted by molar-refractivity contribution is 9.10. The van der Waals surface area contributed by atoms with Gasteiger partial charge in [0.15, 0.2) is 0 Å². The number of carbonyl (C=O) groups is 1. The molecule has 0 spiro atoms. The Bertz CT molecular complexity index is 475. The first-order chi connectivity index (χ1) is 10.2. The van der Waals surface area contributed by atoms with Gasteiger partial charge in [-0.05, 0) is 41.4 Å². The lowest BCUT2D eigenvalue weighted by molar-refractivity contribution is 0.0749. The van der Waals surface area contributed by atoms with Crippen LogP contribution in [0.4, 0.5) is 0 Å². The van der Waals surface area contributed by atoms with Gasteiger partial charge in [-0.2, -0.15) is 0 Å². The van der Waals surface area contributed by atoms with Gasteiger partial charge in [-0.15, -0.1) is 0 Å². The zero-order chi connectivity index (χ0) is 15.2. The molecule has 1 aliphatic heterocycles. The third-order valence-corrected chi connectivity index (χ3v) is 4.27. The Morgan fingerprint density at radius 1 is 1.29 bits per heavy atom. The number of amides is 1. The third-order valence-electron chi connectivity index (χ3n) is 3.84. The Labute approximate surface area is 134 Å². The Balaban J connectivity index is 2.05. The molecular formula is C15H24BrN3O2. The van der Waals surface area contributed by atoms with Crippen LogP contribution in [0.15, 0.2) is 16.7 Å². The van der Waals surface area contributed by atoms with Crippen LogP contribution < -0.4 is 0 Å². The molecule has 1 saturated heterocycles. The number of aromatic nitrogens is 1. The summed E-state index contributed by atoms with van der Waals surface area (Å²) in [6.07, 6.45) is 3.94. The largest absolute Gasteiger partial charge is 0.395 e. The molecule has 1 aromatic heterocycles. The lowest BCUT2D eigenvalue weighted by Gasteiger charge is -2.22. The van der Waals surface area contributed by atoms with Gasteiger partial charge in [0.25, 0.3) is 5.91 Å². The van der Waals surface area contributed by atoms with Crippen molar-refractivity contribution >= 4 is 21.8 Å². The van der Waals surface area contributed by atoms with Crippen molar-refractivity contribution in [2.75, 3.05) is 39.3 Å². The maximum Gasteiger partial charge on any atom is 0.270 e. The van der Waals surface area contributed by atoms with E-state index in [0.29, 0.717) is 6.54 Å².